The van der Waals surface area contributed by atoms with Gasteiger partial charge in [-0.1, -0.05) is 19.3 Å². The number of nitrogens with one attached hydrogen (secondary N) is 2. The SMILES string of the molecule is CC1(C)CC(=O)c2cc(NC(=O)NC3CCCCC3)ccc2O1. The largest absolute Gasteiger partial charge is 0.487 e. The number of Topliss-reactive ketones (excluding diaryl/α,β-unsaturated/α-hetero) is 1. The highest BCUT2D eigenvalue weighted by Gasteiger charge is 2.32. The van der Waals surface area contributed by atoms with Gasteiger partial charge in [-0.15, -0.1) is 0 Å². The van der Waals surface area contributed by atoms with E-state index in [2.05, 4.69) is 10.6 Å². The van der Waals surface area contributed by atoms with Crippen molar-refractivity contribution < 1.29 is 14.3 Å². The topological polar surface area (TPSA) is 67.4 Å². The van der Waals surface area contributed by atoms with E-state index < -0.39 is 5.60 Å². The molecule has 5 nitrogen and oxygen atoms in total. The molecular weight excluding hydrogens is 292 g/mol. The number of rotatable bonds is 2. The van der Waals surface area contributed by atoms with Crippen LogP contribution < -0.4 is 15.4 Å². The lowest BCUT2D eigenvalue weighted by atomic mass is 9.93. The summed E-state index contributed by atoms with van der Waals surface area (Å²) in [6.45, 7) is 3.80. The quantitative estimate of drug-likeness (QED) is 0.870. The standard InChI is InChI=1S/C18H24N2O3/c1-18(2)11-15(21)14-10-13(8-9-16(14)23-18)20-17(22)19-12-6-4-3-5-7-12/h8-10,12H,3-7,11H2,1-2H3,(H2,19,20,22). The molecule has 0 unspecified atom stereocenters. The number of carbonyl (C=O) groups is 2. The molecule has 1 aliphatic carbocycles. The first kappa shape index (κ1) is 15.8. The molecule has 0 spiro atoms. The first-order chi connectivity index (χ1) is 10.9. The predicted molar refractivity (Wildman–Crippen MR) is 89.1 cm³/mol. The molecule has 0 radical (unpaired) electrons. The van der Waals surface area contributed by atoms with Gasteiger partial charge in [-0.25, -0.2) is 4.79 Å². The summed E-state index contributed by atoms with van der Waals surface area (Å²) in [6, 6.07) is 5.28. The molecule has 0 bridgehead atoms. The Hall–Kier alpha value is -2.04. The van der Waals surface area contributed by atoms with E-state index >= 15 is 0 Å². The molecule has 1 fully saturated rings. The Kier molecular flexibility index (Phi) is 4.28. The molecule has 1 heterocycles. The summed E-state index contributed by atoms with van der Waals surface area (Å²) in [7, 11) is 0. The van der Waals surface area contributed by atoms with Gasteiger partial charge in [-0.05, 0) is 44.9 Å². The number of anilines is 1. The Morgan fingerprint density at radius 1 is 1.22 bits per heavy atom. The third-order valence-corrected chi connectivity index (χ3v) is 4.45. The van der Waals surface area contributed by atoms with Gasteiger partial charge in [0.2, 0.25) is 0 Å². The van der Waals surface area contributed by atoms with Crippen LogP contribution >= 0.6 is 0 Å². The zero-order valence-electron chi connectivity index (χ0n) is 13.8. The van der Waals surface area contributed by atoms with Crippen LogP contribution in [0.3, 0.4) is 0 Å². The average Bonchev–Trinajstić information content (AvgIpc) is 2.48. The number of benzene rings is 1. The molecule has 1 saturated carbocycles. The Morgan fingerprint density at radius 3 is 2.70 bits per heavy atom. The monoisotopic (exact) mass is 316 g/mol. The van der Waals surface area contributed by atoms with E-state index in [0.29, 0.717) is 23.4 Å². The minimum Gasteiger partial charge on any atom is -0.487 e. The second-order valence-corrected chi connectivity index (χ2v) is 7.11. The summed E-state index contributed by atoms with van der Waals surface area (Å²) in [5.74, 6) is 0.636. The van der Waals surface area contributed by atoms with Gasteiger partial charge in [0.1, 0.15) is 11.4 Å². The fourth-order valence-corrected chi connectivity index (χ4v) is 3.33. The van der Waals surface area contributed by atoms with Crippen molar-refractivity contribution in [3.05, 3.63) is 23.8 Å². The Labute approximate surface area is 136 Å². The van der Waals surface area contributed by atoms with E-state index in [-0.39, 0.29) is 17.9 Å². The van der Waals surface area contributed by atoms with Gasteiger partial charge in [0, 0.05) is 11.7 Å². The predicted octanol–water partition coefficient (Wildman–Crippen LogP) is 3.88. The highest BCUT2D eigenvalue weighted by molar-refractivity contribution is 6.02. The minimum absolute atomic E-state index is 0.0487. The summed E-state index contributed by atoms with van der Waals surface area (Å²) in [6.07, 6.45) is 6.02. The van der Waals surface area contributed by atoms with Crippen LogP contribution in [0.1, 0.15) is 62.7 Å². The normalized spacial score (nSPS) is 20.3. The van der Waals surface area contributed by atoms with E-state index in [4.69, 9.17) is 4.74 Å². The first-order valence-electron chi connectivity index (χ1n) is 8.37. The van der Waals surface area contributed by atoms with Crippen molar-refractivity contribution in [1.82, 2.24) is 5.32 Å². The van der Waals surface area contributed by atoms with E-state index in [1.165, 1.54) is 19.3 Å². The van der Waals surface area contributed by atoms with E-state index in [9.17, 15) is 9.59 Å². The van der Waals surface area contributed by atoms with Gasteiger partial charge in [0.15, 0.2) is 5.78 Å². The maximum Gasteiger partial charge on any atom is 0.319 e. The van der Waals surface area contributed by atoms with Gasteiger partial charge in [-0.2, -0.15) is 0 Å². The van der Waals surface area contributed by atoms with Gasteiger partial charge in [0.05, 0.1) is 12.0 Å². The van der Waals surface area contributed by atoms with E-state index in [1.807, 2.05) is 13.8 Å². The van der Waals surface area contributed by atoms with Crippen LogP contribution in [0.15, 0.2) is 18.2 Å². The molecule has 1 aliphatic heterocycles. The highest BCUT2D eigenvalue weighted by Crippen LogP contribution is 2.34. The van der Waals surface area contributed by atoms with Crippen LogP contribution in [0.2, 0.25) is 0 Å². The van der Waals surface area contributed by atoms with Crippen molar-refractivity contribution in [3.8, 4) is 5.75 Å². The molecule has 2 aliphatic rings. The van der Waals surface area contributed by atoms with Crippen molar-refractivity contribution in [2.24, 2.45) is 0 Å². The molecule has 2 amide bonds. The lowest BCUT2D eigenvalue weighted by molar-refractivity contribution is 0.0620. The van der Waals surface area contributed by atoms with Crippen LogP contribution in [0.25, 0.3) is 0 Å². The number of fused-ring (bicyclic) bond motifs is 1. The fraction of sp³-hybridized carbons (Fsp3) is 0.556. The van der Waals surface area contributed by atoms with Gasteiger partial charge >= 0.3 is 6.03 Å². The van der Waals surface area contributed by atoms with Crippen LogP contribution in [-0.4, -0.2) is 23.5 Å². The molecule has 124 valence electrons. The summed E-state index contributed by atoms with van der Waals surface area (Å²) in [5.41, 5.74) is 0.686. The summed E-state index contributed by atoms with van der Waals surface area (Å²) in [5, 5.41) is 5.83. The molecule has 2 N–H and O–H groups in total. The van der Waals surface area contributed by atoms with Crippen molar-refractivity contribution in [1.29, 1.82) is 0 Å². The van der Waals surface area contributed by atoms with Crippen molar-refractivity contribution in [2.75, 3.05) is 5.32 Å². The summed E-state index contributed by atoms with van der Waals surface area (Å²) < 4.78 is 5.82. The van der Waals surface area contributed by atoms with Crippen LogP contribution in [0.5, 0.6) is 5.75 Å². The van der Waals surface area contributed by atoms with Crippen LogP contribution in [0.4, 0.5) is 10.5 Å². The number of ketones is 1. The molecule has 0 aromatic heterocycles. The molecular formula is C18H24N2O3. The molecule has 23 heavy (non-hydrogen) atoms. The molecule has 1 aromatic rings. The minimum atomic E-state index is -0.475. The van der Waals surface area contributed by atoms with Crippen molar-refractivity contribution in [3.63, 3.8) is 0 Å². The molecule has 3 rings (SSSR count). The van der Waals surface area contributed by atoms with Crippen molar-refractivity contribution in [2.45, 2.75) is 64.0 Å². The summed E-state index contributed by atoms with van der Waals surface area (Å²) >= 11 is 0. The zero-order chi connectivity index (χ0) is 16.4. The van der Waals surface area contributed by atoms with Gasteiger partial charge < -0.3 is 15.4 Å². The van der Waals surface area contributed by atoms with Crippen LogP contribution in [0, 0.1) is 0 Å². The maximum atomic E-state index is 12.2. The zero-order valence-corrected chi connectivity index (χ0v) is 13.8. The Bertz CT molecular complexity index is 619. The maximum absolute atomic E-state index is 12.2. The third kappa shape index (κ3) is 3.84. The first-order valence-corrected chi connectivity index (χ1v) is 8.37. The van der Waals surface area contributed by atoms with E-state index in [0.717, 1.165) is 12.8 Å². The summed E-state index contributed by atoms with van der Waals surface area (Å²) in [4.78, 5) is 24.3. The van der Waals surface area contributed by atoms with Crippen LogP contribution in [-0.2, 0) is 0 Å². The number of amides is 2. The van der Waals surface area contributed by atoms with Crippen molar-refractivity contribution >= 4 is 17.5 Å². The second-order valence-electron chi connectivity index (χ2n) is 7.11. The smallest absolute Gasteiger partial charge is 0.319 e. The average molecular weight is 316 g/mol. The van der Waals surface area contributed by atoms with Gasteiger partial charge in [0.25, 0.3) is 0 Å². The number of urea groups is 1. The number of carbonyl (C=O) groups excluding carboxylic acids is 2. The molecule has 0 saturated heterocycles. The molecule has 1 aromatic carbocycles. The number of hydrogen-bond donors (Lipinski definition) is 2. The Morgan fingerprint density at radius 2 is 1.96 bits per heavy atom. The third-order valence-electron chi connectivity index (χ3n) is 4.45. The van der Waals surface area contributed by atoms with E-state index in [1.54, 1.807) is 18.2 Å². The lowest BCUT2D eigenvalue weighted by Gasteiger charge is -2.31. The number of ether oxygens (including phenoxy) is 1. The fourth-order valence-electron chi connectivity index (χ4n) is 3.33. The Balaban J connectivity index is 1.66. The highest BCUT2D eigenvalue weighted by atomic mass is 16.5. The second kappa shape index (κ2) is 6.22. The van der Waals surface area contributed by atoms with Gasteiger partial charge in [-0.3, -0.25) is 4.79 Å². The molecule has 5 heteroatoms. The molecule has 0 atom stereocenters. The lowest BCUT2D eigenvalue weighted by Crippen LogP contribution is -2.39. The number of hydrogen-bond acceptors (Lipinski definition) is 3.